The van der Waals surface area contributed by atoms with Crippen molar-refractivity contribution >= 4 is 5.97 Å². The van der Waals surface area contributed by atoms with Crippen LogP contribution in [0.25, 0.3) is 0 Å². The molecule has 0 radical (unpaired) electrons. The van der Waals surface area contributed by atoms with Crippen molar-refractivity contribution in [2.24, 2.45) is 0 Å². The molecule has 0 aromatic carbocycles. The van der Waals surface area contributed by atoms with Crippen LogP contribution in [0.2, 0.25) is 0 Å². The molecule has 24 heavy (non-hydrogen) atoms. The predicted molar refractivity (Wildman–Crippen MR) is 95.9 cm³/mol. The average molecular weight is 347 g/mol. The normalized spacial score (nSPS) is 13.8. The lowest BCUT2D eigenvalue weighted by Gasteiger charge is -2.08. The van der Waals surface area contributed by atoms with Crippen LogP contribution in [0, 0.1) is 0 Å². The minimum atomic E-state index is -0.953. The first-order valence-electron chi connectivity index (χ1n) is 9.73. The molecule has 5 heteroatoms. The lowest BCUT2D eigenvalue weighted by Crippen LogP contribution is -2.21. The van der Waals surface area contributed by atoms with Crippen LogP contribution in [0.15, 0.2) is 0 Å². The molecule has 5 nitrogen and oxygen atoms in total. The Bertz CT molecular complexity index is 266. The van der Waals surface area contributed by atoms with Gasteiger partial charge in [-0.3, -0.25) is 4.79 Å². The number of epoxide rings is 1. The fourth-order valence-electron chi connectivity index (χ4n) is 2.25. The predicted octanol–water partition coefficient (Wildman–Crippen LogP) is 3.60. The lowest BCUT2D eigenvalue weighted by atomic mass is 10.1. The largest absolute Gasteiger partial charge is 0.463 e. The van der Waals surface area contributed by atoms with Gasteiger partial charge in [0.2, 0.25) is 0 Å². The number of hydrogen-bond acceptors (Lipinski definition) is 5. The van der Waals surface area contributed by atoms with E-state index in [4.69, 9.17) is 14.9 Å². The van der Waals surface area contributed by atoms with E-state index in [-0.39, 0.29) is 19.2 Å². The summed E-state index contributed by atoms with van der Waals surface area (Å²) in [7, 11) is 0. The number of esters is 1. The molecule has 1 heterocycles. The molecule has 1 aliphatic heterocycles. The molecule has 1 fully saturated rings. The molecule has 144 valence electrons. The number of hydrogen-bond donors (Lipinski definition) is 2. The topological polar surface area (TPSA) is 79.3 Å². The molecular weight excluding hydrogens is 308 g/mol. The zero-order valence-corrected chi connectivity index (χ0v) is 15.5. The van der Waals surface area contributed by atoms with Gasteiger partial charge >= 0.3 is 5.97 Å². The number of aliphatic hydroxyl groups excluding tert-OH is 2. The van der Waals surface area contributed by atoms with Crippen LogP contribution in [-0.4, -0.2) is 48.7 Å². The average Bonchev–Trinajstić information content (AvgIpc) is 3.46. The molecule has 1 rings (SSSR count). The highest BCUT2D eigenvalue weighted by Gasteiger charge is 2.07. The zero-order chi connectivity index (χ0) is 17.9. The Hall–Kier alpha value is -0.650. The smallest absolute Gasteiger partial charge is 0.305 e. The Balaban J connectivity index is 0.00000157. The standard InChI is InChI=1S/C17H34O4.C2H4O/c1-2-3-4-5-6-7-8-9-10-11-12-13-17(20)21-15-16(19)14-18;1-2-3-1/h16,18-19H,2-15H2,1H3;1-2H2. The third-order valence-electron chi connectivity index (χ3n) is 3.84. The van der Waals surface area contributed by atoms with Gasteiger partial charge in [0.25, 0.3) is 0 Å². The van der Waals surface area contributed by atoms with Gasteiger partial charge in [0.1, 0.15) is 12.7 Å². The van der Waals surface area contributed by atoms with E-state index in [1.807, 2.05) is 0 Å². The van der Waals surface area contributed by atoms with E-state index in [9.17, 15) is 4.79 Å². The second-order valence-electron chi connectivity index (χ2n) is 6.42. The second-order valence-corrected chi connectivity index (χ2v) is 6.42. The van der Waals surface area contributed by atoms with Crippen molar-refractivity contribution in [1.29, 1.82) is 0 Å². The summed E-state index contributed by atoms with van der Waals surface area (Å²) in [6.07, 6.45) is 13.2. The Morgan fingerprint density at radius 2 is 1.42 bits per heavy atom. The summed E-state index contributed by atoms with van der Waals surface area (Å²) in [6, 6.07) is 0. The van der Waals surface area contributed by atoms with Gasteiger partial charge in [0.15, 0.2) is 0 Å². The summed E-state index contributed by atoms with van der Waals surface area (Å²) in [6.45, 7) is 3.77. The molecule has 0 aromatic heterocycles. The number of ether oxygens (including phenoxy) is 2. The summed E-state index contributed by atoms with van der Waals surface area (Å²) in [4.78, 5) is 11.3. The van der Waals surface area contributed by atoms with Crippen molar-refractivity contribution in [3.63, 3.8) is 0 Å². The Morgan fingerprint density at radius 1 is 0.958 bits per heavy atom. The fraction of sp³-hybridized carbons (Fsp3) is 0.947. The van der Waals surface area contributed by atoms with Gasteiger partial charge in [-0.1, -0.05) is 71.1 Å². The van der Waals surface area contributed by atoms with Crippen LogP contribution in [0.3, 0.4) is 0 Å². The van der Waals surface area contributed by atoms with E-state index in [0.717, 1.165) is 26.1 Å². The van der Waals surface area contributed by atoms with Crippen LogP contribution in [-0.2, 0) is 14.3 Å². The van der Waals surface area contributed by atoms with E-state index in [2.05, 4.69) is 11.7 Å². The molecule has 1 saturated heterocycles. The van der Waals surface area contributed by atoms with E-state index in [0.29, 0.717) is 6.42 Å². The van der Waals surface area contributed by atoms with Gasteiger partial charge < -0.3 is 19.7 Å². The second kappa shape index (κ2) is 18.7. The van der Waals surface area contributed by atoms with E-state index < -0.39 is 6.10 Å². The van der Waals surface area contributed by atoms with Gasteiger partial charge in [-0.25, -0.2) is 0 Å². The first kappa shape index (κ1) is 23.4. The van der Waals surface area contributed by atoms with Gasteiger partial charge in [0.05, 0.1) is 19.8 Å². The molecule has 1 aliphatic rings. The highest BCUT2D eigenvalue weighted by atomic mass is 16.6. The molecule has 0 saturated carbocycles. The number of aliphatic hydroxyl groups is 2. The van der Waals surface area contributed by atoms with Crippen molar-refractivity contribution in [3.05, 3.63) is 0 Å². The van der Waals surface area contributed by atoms with Crippen molar-refractivity contribution in [1.82, 2.24) is 0 Å². The fourth-order valence-corrected chi connectivity index (χ4v) is 2.25. The first-order valence-corrected chi connectivity index (χ1v) is 9.73. The zero-order valence-electron chi connectivity index (χ0n) is 15.5. The van der Waals surface area contributed by atoms with Crippen molar-refractivity contribution in [2.45, 2.75) is 90.1 Å². The van der Waals surface area contributed by atoms with Crippen LogP contribution in [0.5, 0.6) is 0 Å². The Kier molecular flexibility index (Phi) is 18.2. The minimum Gasteiger partial charge on any atom is -0.463 e. The lowest BCUT2D eigenvalue weighted by molar-refractivity contribution is -0.147. The first-order chi connectivity index (χ1) is 11.7. The van der Waals surface area contributed by atoms with Gasteiger partial charge in [-0.15, -0.1) is 0 Å². The van der Waals surface area contributed by atoms with Crippen LogP contribution < -0.4 is 0 Å². The SMILES string of the molecule is C1CO1.CCCCCCCCCCCCCC(=O)OCC(O)CO. The van der Waals surface area contributed by atoms with Crippen LogP contribution in [0.4, 0.5) is 0 Å². The molecular formula is C19H38O5. The monoisotopic (exact) mass is 346 g/mol. The van der Waals surface area contributed by atoms with E-state index in [1.54, 1.807) is 0 Å². The van der Waals surface area contributed by atoms with E-state index in [1.165, 1.54) is 57.8 Å². The molecule has 1 unspecified atom stereocenters. The van der Waals surface area contributed by atoms with E-state index >= 15 is 0 Å². The van der Waals surface area contributed by atoms with Crippen LogP contribution >= 0.6 is 0 Å². The molecule has 1 atom stereocenters. The maximum Gasteiger partial charge on any atom is 0.305 e. The molecule has 2 N–H and O–H groups in total. The molecule has 0 aromatic rings. The highest BCUT2D eigenvalue weighted by Crippen LogP contribution is 2.12. The third-order valence-corrected chi connectivity index (χ3v) is 3.84. The van der Waals surface area contributed by atoms with Gasteiger partial charge in [0, 0.05) is 6.42 Å². The Morgan fingerprint density at radius 3 is 1.83 bits per heavy atom. The summed E-state index contributed by atoms with van der Waals surface area (Å²) in [5.74, 6) is -0.279. The maximum atomic E-state index is 11.3. The van der Waals surface area contributed by atoms with Crippen molar-refractivity contribution < 1.29 is 24.5 Å². The van der Waals surface area contributed by atoms with Crippen molar-refractivity contribution in [2.75, 3.05) is 26.4 Å². The Labute approximate surface area is 147 Å². The third kappa shape index (κ3) is 21.4. The van der Waals surface area contributed by atoms with Gasteiger partial charge in [-0.2, -0.15) is 0 Å². The summed E-state index contributed by atoms with van der Waals surface area (Å²) in [5, 5.41) is 17.6. The van der Waals surface area contributed by atoms with Gasteiger partial charge in [-0.05, 0) is 6.42 Å². The number of rotatable bonds is 15. The summed E-state index contributed by atoms with van der Waals surface area (Å²) >= 11 is 0. The quantitative estimate of drug-likeness (QED) is 0.269. The number of carbonyl (C=O) groups is 1. The highest BCUT2D eigenvalue weighted by molar-refractivity contribution is 5.69. The molecule has 0 aliphatic carbocycles. The molecule has 0 spiro atoms. The molecule has 0 bridgehead atoms. The number of carbonyl (C=O) groups excluding carboxylic acids is 1. The molecule has 0 amide bonds. The minimum absolute atomic E-state index is 0.104. The summed E-state index contributed by atoms with van der Waals surface area (Å²) in [5.41, 5.74) is 0. The van der Waals surface area contributed by atoms with Crippen molar-refractivity contribution in [3.8, 4) is 0 Å². The summed E-state index contributed by atoms with van der Waals surface area (Å²) < 4.78 is 9.34. The maximum absolute atomic E-state index is 11.3. The van der Waals surface area contributed by atoms with Crippen LogP contribution in [0.1, 0.15) is 84.0 Å². The number of unbranched alkanes of at least 4 members (excludes halogenated alkanes) is 10.